The van der Waals surface area contributed by atoms with Gasteiger partial charge in [-0.2, -0.15) is 5.10 Å². The van der Waals surface area contributed by atoms with Crippen LogP contribution in [0.5, 0.6) is 5.75 Å². The van der Waals surface area contributed by atoms with Gasteiger partial charge in [-0.05, 0) is 49.3 Å². The van der Waals surface area contributed by atoms with Gasteiger partial charge in [0.05, 0.1) is 37.0 Å². The van der Waals surface area contributed by atoms with Crippen molar-refractivity contribution in [2.24, 2.45) is 17.6 Å². The fourth-order valence-electron chi connectivity index (χ4n) is 4.31. The molecule has 152 valence electrons. The summed E-state index contributed by atoms with van der Waals surface area (Å²) < 4.78 is 9.95. The van der Waals surface area contributed by atoms with Gasteiger partial charge >= 0.3 is 0 Å². The van der Waals surface area contributed by atoms with E-state index in [4.69, 9.17) is 20.6 Å². The molecule has 1 amide bonds. The van der Waals surface area contributed by atoms with Crippen molar-refractivity contribution < 1.29 is 14.6 Å². The molecule has 2 aromatic heterocycles. The first-order chi connectivity index (χ1) is 14.1. The Hall–Kier alpha value is -2.87. The Labute approximate surface area is 168 Å². The molecule has 1 fully saturated rings. The minimum absolute atomic E-state index is 0.0426. The second-order valence-corrected chi connectivity index (χ2v) is 8.02. The summed E-state index contributed by atoms with van der Waals surface area (Å²) in [6.45, 7) is 1.95. The summed E-state index contributed by atoms with van der Waals surface area (Å²) in [5.74, 6) is 1.73. The Morgan fingerprint density at radius 2 is 2.24 bits per heavy atom. The number of aliphatic hydroxyl groups excluding tert-OH is 1. The van der Waals surface area contributed by atoms with E-state index in [0.717, 1.165) is 59.5 Å². The van der Waals surface area contributed by atoms with Gasteiger partial charge in [0.15, 0.2) is 0 Å². The molecule has 5 rings (SSSR count). The second-order valence-electron chi connectivity index (χ2n) is 8.02. The smallest absolute Gasteiger partial charge is 0.221 e. The van der Waals surface area contributed by atoms with Gasteiger partial charge in [-0.15, -0.1) is 0 Å². The highest BCUT2D eigenvalue weighted by Crippen LogP contribution is 2.40. The van der Waals surface area contributed by atoms with Crippen molar-refractivity contribution in [3.05, 3.63) is 30.1 Å². The monoisotopic (exact) mass is 395 g/mol. The molecule has 3 heterocycles. The van der Waals surface area contributed by atoms with Gasteiger partial charge in [-0.3, -0.25) is 9.48 Å². The number of ether oxygens (including phenoxy) is 1. The normalized spacial score (nSPS) is 17.1. The summed E-state index contributed by atoms with van der Waals surface area (Å²) in [4.78, 5) is 16.8. The lowest BCUT2D eigenvalue weighted by Crippen LogP contribution is -2.26. The molecule has 3 N–H and O–H groups in total. The number of rotatable bonds is 7. The zero-order valence-electron chi connectivity index (χ0n) is 16.3. The Morgan fingerprint density at radius 3 is 3.00 bits per heavy atom. The van der Waals surface area contributed by atoms with Crippen LogP contribution in [0.25, 0.3) is 22.4 Å². The standard InChI is InChI=1S/C21H25N5O3/c22-20(28)16(14-2-3-14)8-13-9-17-19-18(10-13)29-7-1-4-26(19)21(24-17)15-11-23-25(12-15)5-6-27/h9-12,14,16,27H,1-8H2,(H2,22,28)/t16-/m0/s1. The molecular weight excluding hydrogens is 370 g/mol. The highest BCUT2D eigenvalue weighted by molar-refractivity contribution is 5.87. The van der Waals surface area contributed by atoms with Gasteiger partial charge in [0.2, 0.25) is 5.91 Å². The zero-order valence-corrected chi connectivity index (χ0v) is 16.3. The minimum atomic E-state index is -0.220. The van der Waals surface area contributed by atoms with E-state index in [1.807, 2.05) is 12.3 Å². The molecule has 8 nitrogen and oxygen atoms in total. The van der Waals surface area contributed by atoms with Crippen LogP contribution in [0.1, 0.15) is 24.8 Å². The van der Waals surface area contributed by atoms with Crippen LogP contribution >= 0.6 is 0 Å². The third-order valence-corrected chi connectivity index (χ3v) is 5.88. The average Bonchev–Trinajstić information content (AvgIpc) is 3.37. The quantitative estimate of drug-likeness (QED) is 0.633. The molecule has 0 spiro atoms. The molecule has 1 aliphatic carbocycles. The number of carbonyl (C=O) groups is 1. The fourth-order valence-corrected chi connectivity index (χ4v) is 4.31. The highest BCUT2D eigenvalue weighted by atomic mass is 16.5. The van der Waals surface area contributed by atoms with Crippen LogP contribution in [-0.2, 0) is 24.3 Å². The van der Waals surface area contributed by atoms with Crippen LogP contribution < -0.4 is 10.5 Å². The number of nitrogens with zero attached hydrogens (tertiary/aromatic N) is 4. The number of nitrogens with two attached hydrogens (primary N) is 1. The lowest BCUT2D eigenvalue weighted by molar-refractivity contribution is -0.122. The van der Waals surface area contributed by atoms with Crippen molar-refractivity contribution in [3.8, 4) is 17.1 Å². The molecule has 29 heavy (non-hydrogen) atoms. The SMILES string of the molecule is NC(=O)[C@@H](Cc1cc2c3c(c1)nc(-c1cnn(CCO)c1)n3CCCO2)C1CC1. The molecule has 1 atom stereocenters. The van der Waals surface area contributed by atoms with E-state index in [1.54, 1.807) is 10.9 Å². The molecule has 0 radical (unpaired) electrons. The zero-order chi connectivity index (χ0) is 20.0. The van der Waals surface area contributed by atoms with Crippen LogP contribution in [0.15, 0.2) is 24.5 Å². The fraction of sp³-hybridized carbons (Fsp3) is 0.476. The van der Waals surface area contributed by atoms with E-state index in [-0.39, 0.29) is 18.4 Å². The lowest BCUT2D eigenvalue weighted by atomic mass is 9.94. The number of aryl methyl sites for hydroxylation is 1. The van der Waals surface area contributed by atoms with Gasteiger partial charge in [0.1, 0.15) is 17.1 Å². The van der Waals surface area contributed by atoms with E-state index in [2.05, 4.69) is 15.7 Å². The molecular formula is C21H25N5O3. The average molecular weight is 395 g/mol. The molecule has 0 saturated heterocycles. The summed E-state index contributed by atoms with van der Waals surface area (Å²) >= 11 is 0. The van der Waals surface area contributed by atoms with Crippen LogP contribution in [0, 0.1) is 11.8 Å². The van der Waals surface area contributed by atoms with E-state index in [0.29, 0.717) is 25.5 Å². The Kier molecular flexibility index (Phi) is 4.50. The summed E-state index contributed by atoms with van der Waals surface area (Å²) in [5.41, 5.74) is 9.46. The number of aromatic nitrogens is 4. The molecule has 0 bridgehead atoms. The third-order valence-electron chi connectivity index (χ3n) is 5.88. The number of benzene rings is 1. The second kappa shape index (κ2) is 7.18. The highest BCUT2D eigenvalue weighted by Gasteiger charge is 2.35. The van der Waals surface area contributed by atoms with Gasteiger partial charge in [0.25, 0.3) is 0 Å². The molecule has 0 unspecified atom stereocenters. The van der Waals surface area contributed by atoms with Gasteiger partial charge in [-0.25, -0.2) is 4.98 Å². The predicted octanol–water partition coefficient (Wildman–Crippen LogP) is 1.73. The lowest BCUT2D eigenvalue weighted by Gasteiger charge is -2.13. The summed E-state index contributed by atoms with van der Waals surface area (Å²) in [6.07, 6.45) is 7.36. The summed E-state index contributed by atoms with van der Waals surface area (Å²) in [7, 11) is 0. The first-order valence-corrected chi connectivity index (χ1v) is 10.2. The van der Waals surface area contributed by atoms with E-state index in [9.17, 15) is 4.79 Å². The molecule has 1 saturated carbocycles. The maximum Gasteiger partial charge on any atom is 0.221 e. The van der Waals surface area contributed by atoms with E-state index < -0.39 is 0 Å². The first kappa shape index (κ1) is 18.2. The molecule has 2 aliphatic rings. The van der Waals surface area contributed by atoms with Crippen LogP contribution in [0.3, 0.4) is 0 Å². The van der Waals surface area contributed by atoms with Crippen molar-refractivity contribution in [2.75, 3.05) is 13.2 Å². The number of hydrogen-bond acceptors (Lipinski definition) is 5. The van der Waals surface area contributed by atoms with Crippen molar-refractivity contribution in [2.45, 2.75) is 38.8 Å². The maximum absolute atomic E-state index is 11.9. The topological polar surface area (TPSA) is 108 Å². The number of primary amides is 1. The Bertz CT molecular complexity index is 1070. The number of carbonyl (C=O) groups excluding carboxylic acids is 1. The number of amides is 1. The van der Waals surface area contributed by atoms with Crippen LogP contribution in [0.4, 0.5) is 0 Å². The first-order valence-electron chi connectivity index (χ1n) is 10.2. The summed E-state index contributed by atoms with van der Waals surface area (Å²) in [6, 6.07) is 4.10. The van der Waals surface area contributed by atoms with E-state index in [1.165, 1.54) is 0 Å². The van der Waals surface area contributed by atoms with Crippen molar-refractivity contribution in [1.82, 2.24) is 19.3 Å². The van der Waals surface area contributed by atoms with Gasteiger partial charge in [-0.1, -0.05) is 0 Å². The molecule has 1 aliphatic heterocycles. The number of hydrogen-bond donors (Lipinski definition) is 2. The van der Waals surface area contributed by atoms with Crippen LogP contribution in [-0.4, -0.2) is 43.6 Å². The maximum atomic E-state index is 11.9. The third kappa shape index (κ3) is 3.37. The largest absolute Gasteiger partial charge is 0.491 e. The molecule has 8 heteroatoms. The van der Waals surface area contributed by atoms with Crippen molar-refractivity contribution in [1.29, 1.82) is 0 Å². The van der Waals surface area contributed by atoms with E-state index >= 15 is 0 Å². The Morgan fingerprint density at radius 1 is 1.38 bits per heavy atom. The van der Waals surface area contributed by atoms with Crippen molar-refractivity contribution >= 4 is 16.9 Å². The summed E-state index contributed by atoms with van der Waals surface area (Å²) in [5, 5.41) is 13.5. The predicted molar refractivity (Wildman–Crippen MR) is 107 cm³/mol. The molecule has 1 aromatic carbocycles. The number of aliphatic hydroxyl groups is 1. The van der Waals surface area contributed by atoms with Crippen molar-refractivity contribution in [3.63, 3.8) is 0 Å². The van der Waals surface area contributed by atoms with Gasteiger partial charge < -0.3 is 20.1 Å². The van der Waals surface area contributed by atoms with Gasteiger partial charge in [0, 0.05) is 18.7 Å². The Balaban J connectivity index is 1.57. The number of imidazole rings is 1. The van der Waals surface area contributed by atoms with Crippen LogP contribution in [0.2, 0.25) is 0 Å². The molecule has 3 aromatic rings. The minimum Gasteiger partial charge on any atom is -0.491 e.